The third-order valence-electron chi connectivity index (χ3n) is 6.60. The number of hydrogen-bond acceptors (Lipinski definition) is 2. The second-order valence-electron chi connectivity index (χ2n) is 7.56. The van der Waals surface area contributed by atoms with Crippen LogP contribution < -0.4 is 5.32 Å². The van der Waals surface area contributed by atoms with E-state index in [0.717, 1.165) is 32.6 Å². The summed E-state index contributed by atoms with van der Waals surface area (Å²) in [4.78, 5) is 15.4. The van der Waals surface area contributed by atoms with Crippen molar-refractivity contribution < 1.29 is 4.79 Å². The zero-order chi connectivity index (χ0) is 12.9. The molecule has 2 atom stereocenters. The number of nitrogens with zero attached hydrogens (tertiary/aromatic N) is 1. The molecule has 3 nitrogen and oxygen atoms in total. The Hall–Kier alpha value is -0.280. The first-order valence-electron chi connectivity index (χ1n) is 8.24. The van der Waals surface area contributed by atoms with Crippen molar-refractivity contribution in [1.29, 1.82) is 0 Å². The molecule has 1 amide bonds. The monoisotopic (exact) mass is 298 g/mol. The zero-order valence-electron chi connectivity index (χ0n) is 12.3. The van der Waals surface area contributed by atoms with E-state index in [0.29, 0.717) is 17.2 Å². The van der Waals surface area contributed by atoms with E-state index < -0.39 is 0 Å². The van der Waals surface area contributed by atoms with Gasteiger partial charge in [0.1, 0.15) is 0 Å². The first-order valence-corrected chi connectivity index (χ1v) is 8.24. The van der Waals surface area contributed by atoms with Crippen LogP contribution in [0.1, 0.15) is 51.4 Å². The maximum atomic E-state index is 13.1. The van der Waals surface area contributed by atoms with Crippen LogP contribution in [0.25, 0.3) is 0 Å². The van der Waals surface area contributed by atoms with Gasteiger partial charge in [-0.2, -0.15) is 0 Å². The first-order chi connectivity index (χ1) is 9.24. The van der Waals surface area contributed by atoms with Crippen molar-refractivity contribution in [3.63, 3.8) is 0 Å². The maximum absolute atomic E-state index is 13.1. The Morgan fingerprint density at radius 1 is 1.10 bits per heavy atom. The number of amides is 1. The number of nitrogens with one attached hydrogen (secondary N) is 1. The second kappa shape index (κ2) is 5.17. The molecule has 0 aromatic carbocycles. The van der Waals surface area contributed by atoms with Crippen molar-refractivity contribution in [3.05, 3.63) is 0 Å². The van der Waals surface area contributed by atoms with Gasteiger partial charge in [0.15, 0.2) is 0 Å². The van der Waals surface area contributed by atoms with Gasteiger partial charge in [0, 0.05) is 19.6 Å². The molecule has 114 valence electrons. The third kappa shape index (κ3) is 2.00. The van der Waals surface area contributed by atoms with Gasteiger partial charge in [-0.1, -0.05) is 19.3 Å². The summed E-state index contributed by atoms with van der Waals surface area (Å²) >= 11 is 0. The molecule has 4 rings (SSSR count). The number of hydrogen-bond donors (Lipinski definition) is 1. The van der Waals surface area contributed by atoms with Gasteiger partial charge in [0.05, 0.1) is 5.41 Å². The molecule has 4 heteroatoms. The highest BCUT2D eigenvalue weighted by Gasteiger charge is 2.54. The van der Waals surface area contributed by atoms with Crippen LogP contribution in [0.3, 0.4) is 0 Å². The van der Waals surface area contributed by atoms with Crippen molar-refractivity contribution in [3.8, 4) is 0 Å². The number of rotatable bonds is 1. The molecule has 2 saturated heterocycles. The Balaban J connectivity index is 0.00000121. The Bertz CT molecular complexity index is 396. The number of fused-ring (bicyclic) bond motifs is 1. The van der Waals surface area contributed by atoms with Gasteiger partial charge in [0.25, 0.3) is 0 Å². The topological polar surface area (TPSA) is 32.3 Å². The lowest BCUT2D eigenvalue weighted by atomic mass is 9.67. The SMILES string of the molecule is Cl.O=C(N1CCC2(CCC2)C1)[C@@]12CCCC[C@H]1CNC2. The van der Waals surface area contributed by atoms with Crippen LogP contribution in [-0.4, -0.2) is 37.0 Å². The quantitative estimate of drug-likeness (QED) is 0.807. The number of halogens is 1. The van der Waals surface area contributed by atoms with E-state index in [1.807, 2.05) is 0 Å². The van der Waals surface area contributed by atoms with Crippen molar-refractivity contribution in [2.75, 3.05) is 26.2 Å². The standard InChI is InChI=1S/C16H26N2O.ClH/c19-14(18-9-8-15(12-18)5-3-6-15)16-7-2-1-4-13(16)10-17-11-16;/h13,17H,1-12H2;1H/t13-,16+;/m0./s1. The average Bonchev–Trinajstić information content (AvgIpc) is 3.02. The van der Waals surface area contributed by atoms with E-state index >= 15 is 0 Å². The normalized spacial score (nSPS) is 38.2. The summed E-state index contributed by atoms with van der Waals surface area (Å²) < 4.78 is 0. The molecule has 0 unspecified atom stereocenters. The van der Waals surface area contributed by atoms with Crippen LogP contribution >= 0.6 is 12.4 Å². The molecular formula is C16H27ClN2O. The fourth-order valence-corrected chi connectivity index (χ4v) is 5.18. The summed E-state index contributed by atoms with van der Waals surface area (Å²) in [6.45, 7) is 4.12. The minimum Gasteiger partial charge on any atom is -0.342 e. The van der Waals surface area contributed by atoms with E-state index in [1.54, 1.807) is 0 Å². The second-order valence-corrected chi connectivity index (χ2v) is 7.56. The zero-order valence-corrected chi connectivity index (χ0v) is 13.1. The fraction of sp³-hybridized carbons (Fsp3) is 0.938. The van der Waals surface area contributed by atoms with Crippen molar-refractivity contribution in [2.45, 2.75) is 51.4 Å². The molecule has 2 saturated carbocycles. The highest BCUT2D eigenvalue weighted by atomic mass is 35.5. The van der Waals surface area contributed by atoms with E-state index in [4.69, 9.17) is 0 Å². The number of carbonyl (C=O) groups excluding carboxylic acids is 1. The fourth-order valence-electron chi connectivity index (χ4n) is 5.18. The van der Waals surface area contributed by atoms with E-state index in [-0.39, 0.29) is 17.8 Å². The Morgan fingerprint density at radius 3 is 2.65 bits per heavy atom. The van der Waals surface area contributed by atoms with Gasteiger partial charge in [0.2, 0.25) is 5.91 Å². The molecule has 1 N–H and O–H groups in total. The maximum Gasteiger partial charge on any atom is 0.230 e. The molecule has 2 aliphatic carbocycles. The average molecular weight is 299 g/mol. The van der Waals surface area contributed by atoms with E-state index in [9.17, 15) is 4.79 Å². The highest BCUT2D eigenvalue weighted by Crippen LogP contribution is 2.51. The van der Waals surface area contributed by atoms with Crippen LogP contribution in [-0.2, 0) is 4.79 Å². The summed E-state index contributed by atoms with van der Waals surface area (Å²) in [5.41, 5.74) is 0.524. The van der Waals surface area contributed by atoms with Gasteiger partial charge in [-0.05, 0) is 50.0 Å². The highest BCUT2D eigenvalue weighted by molar-refractivity contribution is 5.85. The molecule has 0 radical (unpaired) electrons. The van der Waals surface area contributed by atoms with Gasteiger partial charge in [-0.3, -0.25) is 4.79 Å². The summed E-state index contributed by atoms with van der Waals surface area (Å²) in [7, 11) is 0. The van der Waals surface area contributed by atoms with Gasteiger partial charge < -0.3 is 10.2 Å². The molecule has 4 fully saturated rings. The van der Waals surface area contributed by atoms with Crippen molar-refractivity contribution in [2.24, 2.45) is 16.7 Å². The molecule has 0 aromatic rings. The number of likely N-dealkylation sites (tertiary alicyclic amines) is 1. The predicted octanol–water partition coefficient (Wildman–Crippen LogP) is 2.59. The minimum absolute atomic E-state index is 0. The lowest BCUT2D eigenvalue weighted by Gasteiger charge is -2.42. The van der Waals surface area contributed by atoms with Gasteiger partial charge in [-0.25, -0.2) is 0 Å². The molecular weight excluding hydrogens is 272 g/mol. The molecule has 0 aromatic heterocycles. The smallest absolute Gasteiger partial charge is 0.230 e. The predicted molar refractivity (Wildman–Crippen MR) is 82.0 cm³/mol. The van der Waals surface area contributed by atoms with Crippen LogP contribution in [0.5, 0.6) is 0 Å². The Kier molecular flexibility index (Phi) is 3.79. The summed E-state index contributed by atoms with van der Waals surface area (Å²) in [5, 5.41) is 3.51. The van der Waals surface area contributed by atoms with E-state index in [1.165, 1.54) is 44.9 Å². The molecule has 1 spiro atoms. The largest absolute Gasteiger partial charge is 0.342 e. The van der Waals surface area contributed by atoms with E-state index in [2.05, 4.69) is 10.2 Å². The molecule has 20 heavy (non-hydrogen) atoms. The number of carbonyl (C=O) groups is 1. The summed E-state index contributed by atoms with van der Waals surface area (Å²) in [5.74, 6) is 1.12. The summed E-state index contributed by atoms with van der Waals surface area (Å²) in [6.07, 6.45) is 10.4. The van der Waals surface area contributed by atoms with Gasteiger partial charge >= 0.3 is 0 Å². The minimum atomic E-state index is -0.0203. The van der Waals surface area contributed by atoms with Crippen LogP contribution in [0.15, 0.2) is 0 Å². The molecule has 4 aliphatic rings. The Morgan fingerprint density at radius 2 is 1.95 bits per heavy atom. The van der Waals surface area contributed by atoms with Crippen molar-refractivity contribution >= 4 is 18.3 Å². The first kappa shape index (κ1) is 14.6. The lowest BCUT2D eigenvalue weighted by Crippen LogP contribution is -2.49. The Labute approximate surface area is 128 Å². The van der Waals surface area contributed by atoms with Crippen molar-refractivity contribution in [1.82, 2.24) is 10.2 Å². The summed E-state index contributed by atoms with van der Waals surface area (Å²) in [6, 6.07) is 0. The lowest BCUT2D eigenvalue weighted by molar-refractivity contribution is -0.145. The molecule has 2 heterocycles. The molecule has 2 aliphatic heterocycles. The van der Waals surface area contributed by atoms with Crippen LogP contribution in [0.2, 0.25) is 0 Å². The molecule has 0 bridgehead atoms. The third-order valence-corrected chi connectivity index (χ3v) is 6.60. The van der Waals surface area contributed by atoms with Crippen LogP contribution in [0.4, 0.5) is 0 Å². The van der Waals surface area contributed by atoms with Gasteiger partial charge in [-0.15, -0.1) is 12.4 Å². The van der Waals surface area contributed by atoms with Crippen LogP contribution in [0, 0.1) is 16.7 Å².